The third kappa shape index (κ3) is 4.41. The smallest absolute Gasteiger partial charge is 0.253 e. The van der Waals surface area contributed by atoms with Crippen LogP contribution in [-0.4, -0.2) is 42.3 Å². The monoisotopic (exact) mass is 428 g/mol. The first kappa shape index (κ1) is 20.2. The number of ether oxygens (including phenoxy) is 1. The van der Waals surface area contributed by atoms with Crippen LogP contribution in [0.2, 0.25) is 5.02 Å². The van der Waals surface area contributed by atoms with E-state index in [0.717, 1.165) is 48.3 Å². The third-order valence-electron chi connectivity index (χ3n) is 5.22. The number of nitrogens with zero attached hydrogens (tertiary/aromatic N) is 2. The maximum absolute atomic E-state index is 13.2. The summed E-state index contributed by atoms with van der Waals surface area (Å²) in [5, 5.41) is 10.6. The largest absolute Gasteiger partial charge is 0.497 e. The first-order valence-corrected chi connectivity index (χ1v) is 10.1. The second-order valence-corrected chi connectivity index (χ2v) is 7.66. The highest BCUT2D eigenvalue weighted by atomic mass is 35.5. The quantitative estimate of drug-likeness (QED) is 0.636. The predicted octanol–water partition coefficient (Wildman–Crippen LogP) is 4.28. The molecule has 0 radical (unpaired) electrons. The Morgan fingerprint density at radius 2 is 2.07 bits per heavy atom. The first-order chi connectivity index (χ1) is 14.5. The minimum absolute atomic E-state index is 0.0477. The van der Waals surface area contributed by atoms with E-state index in [1.807, 2.05) is 30.3 Å². The number of rotatable bonds is 5. The van der Waals surface area contributed by atoms with Crippen LogP contribution in [0.15, 0.2) is 48.5 Å². The molecule has 3 aromatic rings. The number of anilines is 1. The molecule has 0 spiro atoms. The van der Waals surface area contributed by atoms with Crippen molar-refractivity contribution in [1.29, 1.82) is 0 Å². The summed E-state index contributed by atoms with van der Waals surface area (Å²) in [6.45, 7) is 1.49. The zero-order valence-corrected chi connectivity index (χ0v) is 17.2. The molecule has 1 fully saturated rings. The zero-order valence-electron chi connectivity index (χ0n) is 16.5. The van der Waals surface area contributed by atoms with Gasteiger partial charge in [-0.05, 0) is 60.9 Å². The van der Waals surface area contributed by atoms with Crippen molar-refractivity contribution in [2.45, 2.75) is 18.9 Å². The van der Waals surface area contributed by atoms with Crippen LogP contribution in [0.4, 0.5) is 10.2 Å². The van der Waals surface area contributed by atoms with Crippen molar-refractivity contribution < 1.29 is 13.9 Å². The Morgan fingerprint density at radius 3 is 2.80 bits per heavy atom. The van der Waals surface area contributed by atoms with Gasteiger partial charge in [-0.2, -0.15) is 5.10 Å². The van der Waals surface area contributed by atoms with Crippen molar-refractivity contribution in [3.63, 3.8) is 0 Å². The molecule has 0 aliphatic carbocycles. The molecule has 0 saturated carbocycles. The second-order valence-electron chi connectivity index (χ2n) is 7.25. The molecule has 1 atom stereocenters. The highest BCUT2D eigenvalue weighted by Crippen LogP contribution is 2.26. The summed E-state index contributed by atoms with van der Waals surface area (Å²) in [6.07, 6.45) is 1.78. The molecule has 1 aliphatic rings. The molecule has 2 aromatic carbocycles. The number of hydrogen-bond donors (Lipinski definition) is 2. The minimum atomic E-state index is -0.466. The van der Waals surface area contributed by atoms with E-state index in [1.54, 1.807) is 7.11 Å². The van der Waals surface area contributed by atoms with Crippen LogP contribution in [0.3, 0.4) is 0 Å². The maximum Gasteiger partial charge on any atom is 0.253 e. The molecule has 2 N–H and O–H groups in total. The average molecular weight is 429 g/mol. The van der Waals surface area contributed by atoms with Crippen molar-refractivity contribution >= 4 is 23.3 Å². The number of benzene rings is 2. The number of methoxy groups -OCH3 is 1. The van der Waals surface area contributed by atoms with Gasteiger partial charge in [-0.1, -0.05) is 11.6 Å². The lowest BCUT2D eigenvalue weighted by Gasteiger charge is -2.33. The fourth-order valence-corrected chi connectivity index (χ4v) is 3.88. The lowest BCUT2D eigenvalue weighted by Crippen LogP contribution is -2.48. The van der Waals surface area contributed by atoms with E-state index in [4.69, 9.17) is 16.3 Å². The van der Waals surface area contributed by atoms with Crippen LogP contribution in [-0.2, 0) is 0 Å². The second kappa shape index (κ2) is 8.75. The van der Waals surface area contributed by atoms with Gasteiger partial charge >= 0.3 is 0 Å². The van der Waals surface area contributed by atoms with Crippen molar-refractivity contribution in [3.05, 3.63) is 64.9 Å². The Bertz CT molecular complexity index is 1040. The summed E-state index contributed by atoms with van der Waals surface area (Å²) in [6, 6.07) is 13.5. The number of halogens is 2. The van der Waals surface area contributed by atoms with E-state index in [9.17, 15) is 9.18 Å². The van der Waals surface area contributed by atoms with E-state index in [0.29, 0.717) is 6.54 Å². The third-order valence-corrected chi connectivity index (χ3v) is 5.53. The summed E-state index contributed by atoms with van der Waals surface area (Å²) in [4.78, 5) is 14.7. The van der Waals surface area contributed by atoms with Gasteiger partial charge in [0, 0.05) is 25.2 Å². The fraction of sp³-hybridized carbons (Fsp3) is 0.273. The van der Waals surface area contributed by atoms with E-state index < -0.39 is 5.82 Å². The van der Waals surface area contributed by atoms with Gasteiger partial charge < -0.3 is 15.0 Å². The number of hydrogen-bond acceptors (Lipinski definition) is 4. The molecular weight excluding hydrogens is 407 g/mol. The molecule has 8 heteroatoms. The van der Waals surface area contributed by atoms with Crippen LogP contribution < -0.4 is 15.0 Å². The van der Waals surface area contributed by atoms with Gasteiger partial charge in [0.1, 0.15) is 11.6 Å². The minimum Gasteiger partial charge on any atom is -0.497 e. The normalized spacial score (nSPS) is 16.4. The molecule has 2 heterocycles. The van der Waals surface area contributed by atoms with Gasteiger partial charge in [0.25, 0.3) is 5.91 Å². The van der Waals surface area contributed by atoms with Crippen LogP contribution in [0, 0.1) is 5.82 Å². The molecule has 30 heavy (non-hydrogen) atoms. The molecule has 1 aliphatic heterocycles. The summed E-state index contributed by atoms with van der Waals surface area (Å²) in [5.41, 5.74) is 2.20. The first-order valence-electron chi connectivity index (χ1n) is 9.74. The average Bonchev–Trinajstić information content (AvgIpc) is 3.24. The zero-order chi connectivity index (χ0) is 21.1. The van der Waals surface area contributed by atoms with Crippen molar-refractivity contribution in [2.24, 2.45) is 0 Å². The highest BCUT2D eigenvalue weighted by molar-refractivity contribution is 6.33. The summed E-state index contributed by atoms with van der Waals surface area (Å²) >= 11 is 6.01. The summed E-state index contributed by atoms with van der Waals surface area (Å²) in [7, 11) is 1.64. The van der Waals surface area contributed by atoms with Crippen molar-refractivity contribution in [3.8, 4) is 17.0 Å². The molecule has 0 bridgehead atoms. The number of amides is 1. The summed E-state index contributed by atoms with van der Waals surface area (Å²) < 4.78 is 18.4. The lowest BCUT2D eigenvalue weighted by atomic mass is 10.0. The van der Waals surface area contributed by atoms with Gasteiger partial charge in [-0.15, -0.1) is 0 Å². The van der Waals surface area contributed by atoms with E-state index in [2.05, 4.69) is 20.4 Å². The maximum atomic E-state index is 13.2. The van der Waals surface area contributed by atoms with Gasteiger partial charge in [-0.25, -0.2) is 4.39 Å². The number of aromatic amines is 1. The highest BCUT2D eigenvalue weighted by Gasteiger charge is 2.24. The number of carbonyl (C=O) groups is 1. The Morgan fingerprint density at radius 1 is 1.27 bits per heavy atom. The molecule has 0 unspecified atom stereocenters. The van der Waals surface area contributed by atoms with Crippen LogP contribution in [0.25, 0.3) is 11.3 Å². The topological polar surface area (TPSA) is 70.2 Å². The number of nitrogens with one attached hydrogen (secondary N) is 2. The molecular formula is C22H22ClFN4O2. The van der Waals surface area contributed by atoms with Crippen LogP contribution in [0.1, 0.15) is 23.2 Å². The van der Waals surface area contributed by atoms with Gasteiger partial charge in [0.2, 0.25) is 0 Å². The Labute approximate surface area is 179 Å². The predicted molar refractivity (Wildman–Crippen MR) is 115 cm³/mol. The van der Waals surface area contributed by atoms with E-state index in [-0.39, 0.29) is 22.5 Å². The Kier molecular flexibility index (Phi) is 5.90. The number of H-pyrrole nitrogens is 1. The molecule has 1 amide bonds. The standard InChI is InChI=1S/C22H22ClFN4O2/c1-30-17-7-4-14(5-8-17)20-12-21(27-26-20)28-10-2-3-16(13-28)25-22(29)18-9-6-15(24)11-19(18)23/h4-9,11-12,16H,2-3,10,13H2,1H3,(H,25,29)(H,26,27)/t16-/m0/s1. The van der Waals surface area contributed by atoms with Crippen LogP contribution in [0.5, 0.6) is 5.75 Å². The molecule has 1 aromatic heterocycles. The van der Waals surface area contributed by atoms with E-state index in [1.165, 1.54) is 12.1 Å². The van der Waals surface area contributed by atoms with Crippen LogP contribution >= 0.6 is 11.6 Å². The molecule has 4 rings (SSSR count). The van der Waals surface area contributed by atoms with Crippen molar-refractivity contribution in [1.82, 2.24) is 15.5 Å². The fourth-order valence-electron chi connectivity index (χ4n) is 3.63. The number of aromatic nitrogens is 2. The lowest BCUT2D eigenvalue weighted by molar-refractivity contribution is 0.0933. The molecule has 1 saturated heterocycles. The molecule has 156 valence electrons. The Hall–Kier alpha value is -3.06. The van der Waals surface area contributed by atoms with E-state index >= 15 is 0 Å². The van der Waals surface area contributed by atoms with Crippen molar-refractivity contribution in [2.75, 3.05) is 25.1 Å². The van der Waals surface area contributed by atoms with Gasteiger partial charge in [0.15, 0.2) is 5.82 Å². The van der Waals surface area contributed by atoms with Gasteiger partial charge in [0.05, 0.1) is 23.4 Å². The number of piperidine rings is 1. The summed E-state index contributed by atoms with van der Waals surface area (Å²) in [5.74, 6) is 0.869. The number of carbonyl (C=O) groups excluding carboxylic acids is 1. The van der Waals surface area contributed by atoms with Gasteiger partial charge in [-0.3, -0.25) is 9.89 Å². The SMILES string of the molecule is COc1ccc(-c2cc(N3CCC[C@H](NC(=O)c4ccc(F)cc4Cl)C3)n[nH]2)cc1. The Balaban J connectivity index is 1.42. The molecule has 6 nitrogen and oxygen atoms in total.